The number of hydrogen-bond acceptors (Lipinski definition) is 3. The summed E-state index contributed by atoms with van der Waals surface area (Å²) in [5.74, 6) is -2.22. The molecule has 0 bridgehead atoms. The topological polar surface area (TPSA) is 64.3 Å². The van der Waals surface area contributed by atoms with Crippen LogP contribution in [0.5, 0.6) is 5.75 Å². The first-order valence-electron chi connectivity index (χ1n) is 6.51. The van der Waals surface area contributed by atoms with Crippen LogP contribution in [0.25, 0.3) is 0 Å². The van der Waals surface area contributed by atoms with Gasteiger partial charge in [-0.2, -0.15) is 0 Å². The van der Waals surface area contributed by atoms with Crippen LogP contribution in [-0.2, 0) is 11.3 Å². The Bertz CT molecular complexity index is 441. The van der Waals surface area contributed by atoms with Crippen LogP contribution in [0.15, 0.2) is 12.1 Å². The van der Waals surface area contributed by atoms with Gasteiger partial charge in [0.2, 0.25) is 0 Å². The fourth-order valence-corrected chi connectivity index (χ4v) is 1.56. The van der Waals surface area contributed by atoms with Gasteiger partial charge in [0.15, 0.2) is 24.0 Å². The molecule has 0 saturated heterocycles. The molecule has 0 saturated carbocycles. The van der Waals surface area contributed by atoms with Crippen molar-refractivity contribution in [1.29, 1.82) is 0 Å². The summed E-state index contributed by atoms with van der Waals surface area (Å²) in [4.78, 5) is 11.4. The second-order valence-electron chi connectivity index (χ2n) is 4.91. The van der Waals surface area contributed by atoms with E-state index in [4.69, 9.17) is 10.5 Å². The normalized spacial score (nSPS) is 10.7. The third-order valence-electron chi connectivity index (χ3n) is 2.69. The first-order valence-corrected chi connectivity index (χ1v) is 6.51. The number of nitrogens with two attached hydrogens (primary N) is 1. The van der Waals surface area contributed by atoms with E-state index in [1.807, 2.05) is 13.8 Å². The third kappa shape index (κ3) is 5.13. The van der Waals surface area contributed by atoms with E-state index in [1.54, 1.807) is 0 Å². The lowest BCUT2D eigenvalue weighted by molar-refractivity contribution is -0.123. The molecule has 0 unspecified atom stereocenters. The first-order chi connectivity index (χ1) is 9.43. The van der Waals surface area contributed by atoms with Crippen LogP contribution in [0.2, 0.25) is 0 Å². The van der Waals surface area contributed by atoms with Gasteiger partial charge < -0.3 is 15.8 Å². The molecule has 3 N–H and O–H groups in total. The zero-order chi connectivity index (χ0) is 15.1. The molecule has 0 aliphatic carbocycles. The van der Waals surface area contributed by atoms with E-state index >= 15 is 0 Å². The number of halogens is 2. The largest absolute Gasteiger partial charge is 0.478 e. The Labute approximate surface area is 117 Å². The smallest absolute Gasteiger partial charge is 0.257 e. The van der Waals surface area contributed by atoms with E-state index < -0.39 is 29.9 Å². The predicted molar refractivity (Wildman–Crippen MR) is 72.2 cm³/mol. The third-order valence-corrected chi connectivity index (χ3v) is 2.69. The number of nitrogens with one attached hydrogen (secondary N) is 1. The highest BCUT2D eigenvalue weighted by molar-refractivity contribution is 5.77. The Hall–Kier alpha value is -1.69. The summed E-state index contributed by atoms with van der Waals surface area (Å²) in [6.45, 7) is 4.19. The Kier molecular flexibility index (Phi) is 6.38. The van der Waals surface area contributed by atoms with E-state index in [0.717, 1.165) is 18.6 Å². The molecule has 0 aromatic heterocycles. The van der Waals surface area contributed by atoms with Crippen LogP contribution in [0, 0.1) is 17.6 Å². The van der Waals surface area contributed by atoms with E-state index in [0.29, 0.717) is 18.0 Å². The molecule has 0 spiro atoms. The van der Waals surface area contributed by atoms with Crippen molar-refractivity contribution in [3.63, 3.8) is 0 Å². The molecule has 0 aliphatic heterocycles. The molecular formula is C14H20F2N2O2. The number of benzene rings is 1. The standard InChI is InChI=1S/C14H20F2N2O2/c1-9(2)3-4-18-13(19)8-20-14-11(15)5-10(7-17)6-12(14)16/h5-6,9H,3-4,7-8,17H2,1-2H3,(H,18,19). The first kappa shape index (κ1) is 16.4. The number of rotatable bonds is 7. The summed E-state index contributed by atoms with van der Waals surface area (Å²) in [6, 6.07) is 2.18. The molecule has 0 aliphatic rings. The van der Waals surface area contributed by atoms with Crippen LogP contribution in [0.1, 0.15) is 25.8 Å². The van der Waals surface area contributed by atoms with Crippen molar-refractivity contribution in [2.24, 2.45) is 11.7 Å². The second-order valence-corrected chi connectivity index (χ2v) is 4.91. The van der Waals surface area contributed by atoms with Crippen molar-refractivity contribution in [1.82, 2.24) is 5.32 Å². The lowest BCUT2D eigenvalue weighted by Gasteiger charge is -2.10. The average molecular weight is 286 g/mol. The van der Waals surface area contributed by atoms with Crippen LogP contribution in [0.4, 0.5) is 8.78 Å². The Morgan fingerprint density at radius 1 is 1.35 bits per heavy atom. The molecule has 0 heterocycles. The predicted octanol–water partition coefficient (Wildman–Crippen LogP) is 1.96. The SMILES string of the molecule is CC(C)CCNC(=O)COc1c(F)cc(CN)cc1F. The number of hydrogen-bond donors (Lipinski definition) is 2. The minimum atomic E-state index is -0.861. The molecule has 0 atom stereocenters. The minimum absolute atomic E-state index is 0.0316. The van der Waals surface area contributed by atoms with Crippen molar-refractivity contribution in [2.75, 3.05) is 13.2 Å². The molecule has 1 aromatic rings. The Morgan fingerprint density at radius 3 is 2.45 bits per heavy atom. The van der Waals surface area contributed by atoms with Crippen molar-refractivity contribution >= 4 is 5.91 Å². The van der Waals surface area contributed by atoms with Crippen LogP contribution in [-0.4, -0.2) is 19.1 Å². The van der Waals surface area contributed by atoms with Gasteiger partial charge in [-0.1, -0.05) is 13.8 Å². The fraction of sp³-hybridized carbons (Fsp3) is 0.500. The molecule has 1 rings (SSSR count). The highest BCUT2D eigenvalue weighted by Crippen LogP contribution is 2.23. The summed E-state index contributed by atoms with van der Waals surface area (Å²) in [5, 5.41) is 2.62. The summed E-state index contributed by atoms with van der Waals surface area (Å²) in [5.41, 5.74) is 5.63. The molecule has 1 aromatic carbocycles. The van der Waals surface area contributed by atoms with Gasteiger partial charge in [-0.15, -0.1) is 0 Å². The van der Waals surface area contributed by atoms with Crippen molar-refractivity contribution < 1.29 is 18.3 Å². The van der Waals surface area contributed by atoms with Crippen LogP contribution < -0.4 is 15.8 Å². The second kappa shape index (κ2) is 7.79. The summed E-state index contributed by atoms with van der Waals surface area (Å²) in [6.07, 6.45) is 0.833. The van der Waals surface area contributed by atoms with Gasteiger partial charge in [0.25, 0.3) is 5.91 Å². The highest BCUT2D eigenvalue weighted by Gasteiger charge is 2.13. The monoisotopic (exact) mass is 286 g/mol. The van der Waals surface area contributed by atoms with Gasteiger partial charge in [-0.05, 0) is 30.0 Å². The van der Waals surface area contributed by atoms with Crippen LogP contribution in [0.3, 0.4) is 0 Å². The fourth-order valence-electron chi connectivity index (χ4n) is 1.56. The molecule has 0 radical (unpaired) electrons. The minimum Gasteiger partial charge on any atom is -0.478 e. The number of ether oxygens (including phenoxy) is 1. The van der Waals surface area contributed by atoms with Crippen LogP contribution >= 0.6 is 0 Å². The number of carbonyl (C=O) groups is 1. The van der Waals surface area contributed by atoms with E-state index in [1.165, 1.54) is 0 Å². The number of carbonyl (C=O) groups excluding carboxylic acids is 1. The van der Waals surface area contributed by atoms with Crippen molar-refractivity contribution in [3.05, 3.63) is 29.3 Å². The van der Waals surface area contributed by atoms with Gasteiger partial charge in [0.1, 0.15) is 0 Å². The quantitative estimate of drug-likeness (QED) is 0.805. The molecule has 4 nitrogen and oxygen atoms in total. The zero-order valence-electron chi connectivity index (χ0n) is 11.7. The van der Waals surface area contributed by atoms with Gasteiger partial charge in [-0.25, -0.2) is 8.78 Å². The molecule has 0 fully saturated rings. The Morgan fingerprint density at radius 2 is 1.95 bits per heavy atom. The molecule has 20 heavy (non-hydrogen) atoms. The lowest BCUT2D eigenvalue weighted by Crippen LogP contribution is -2.30. The summed E-state index contributed by atoms with van der Waals surface area (Å²) >= 11 is 0. The van der Waals surface area contributed by atoms with E-state index in [-0.39, 0.29) is 6.54 Å². The summed E-state index contributed by atoms with van der Waals surface area (Å²) in [7, 11) is 0. The van der Waals surface area contributed by atoms with Gasteiger partial charge in [0, 0.05) is 13.1 Å². The van der Waals surface area contributed by atoms with Crippen molar-refractivity contribution in [2.45, 2.75) is 26.8 Å². The van der Waals surface area contributed by atoms with E-state index in [9.17, 15) is 13.6 Å². The maximum Gasteiger partial charge on any atom is 0.257 e. The molecule has 6 heteroatoms. The zero-order valence-corrected chi connectivity index (χ0v) is 11.7. The maximum atomic E-state index is 13.6. The Balaban J connectivity index is 2.51. The molecular weight excluding hydrogens is 266 g/mol. The molecule has 112 valence electrons. The lowest BCUT2D eigenvalue weighted by atomic mass is 10.1. The number of amides is 1. The van der Waals surface area contributed by atoms with Gasteiger partial charge >= 0.3 is 0 Å². The van der Waals surface area contributed by atoms with E-state index in [2.05, 4.69) is 5.32 Å². The molecule has 1 amide bonds. The summed E-state index contributed by atoms with van der Waals surface area (Å²) < 4.78 is 32.0. The van der Waals surface area contributed by atoms with Gasteiger partial charge in [-0.3, -0.25) is 4.79 Å². The average Bonchev–Trinajstić information content (AvgIpc) is 2.36. The maximum absolute atomic E-state index is 13.6. The van der Waals surface area contributed by atoms with Gasteiger partial charge in [0.05, 0.1) is 0 Å². The van der Waals surface area contributed by atoms with Crippen molar-refractivity contribution in [3.8, 4) is 5.75 Å². The highest BCUT2D eigenvalue weighted by atomic mass is 19.1.